The average molecular weight is 292 g/mol. The summed E-state index contributed by atoms with van der Waals surface area (Å²) in [6.45, 7) is 4.42. The molecule has 0 spiro atoms. The van der Waals surface area contributed by atoms with Crippen LogP contribution in [0.5, 0.6) is 0 Å². The number of nitrogens with zero attached hydrogens (tertiary/aromatic N) is 2. The van der Waals surface area contributed by atoms with Crippen LogP contribution in [0.1, 0.15) is 60.8 Å². The Labute approximate surface area is 125 Å². The zero-order valence-electron chi connectivity index (χ0n) is 12.3. The number of aromatic nitrogens is 1. The molecule has 1 aromatic heterocycles. The molecule has 20 heavy (non-hydrogen) atoms. The molecule has 1 saturated heterocycles. The number of anilines is 1. The predicted molar refractivity (Wildman–Crippen MR) is 83.8 cm³/mol. The van der Waals surface area contributed by atoms with Crippen molar-refractivity contribution in [2.45, 2.75) is 51.9 Å². The third-order valence-electron chi connectivity index (χ3n) is 4.87. The van der Waals surface area contributed by atoms with Gasteiger partial charge in [-0.15, -0.1) is 0 Å². The zero-order chi connectivity index (χ0) is 13.9. The summed E-state index contributed by atoms with van der Waals surface area (Å²) in [5, 5.41) is 1.08. The number of piperidine rings is 1. The second kappa shape index (κ2) is 6.25. The summed E-state index contributed by atoms with van der Waals surface area (Å²) in [5.41, 5.74) is 1.01. The van der Waals surface area contributed by atoms with E-state index in [0.717, 1.165) is 59.8 Å². The van der Waals surface area contributed by atoms with Crippen molar-refractivity contribution in [3.05, 3.63) is 10.6 Å². The Kier molecular flexibility index (Phi) is 4.39. The second-order valence-electron chi connectivity index (χ2n) is 6.21. The molecule has 2 unspecified atom stereocenters. The molecular formula is C16H24N2OS. The van der Waals surface area contributed by atoms with E-state index in [4.69, 9.17) is 4.98 Å². The number of fused-ring (bicyclic) bond motifs is 1. The molecule has 0 aromatic carbocycles. The van der Waals surface area contributed by atoms with Crippen LogP contribution in [0.3, 0.4) is 0 Å². The highest BCUT2D eigenvalue weighted by Crippen LogP contribution is 2.38. The summed E-state index contributed by atoms with van der Waals surface area (Å²) < 4.78 is 0. The van der Waals surface area contributed by atoms with Gasteiger partial charge >= 0.3 is 0 Å². The van der Waals surface area contributed by atoms with Crippen LogP contribution >= 0.6 is 11.3 Å². The summed E-state index contributed by atoms with van der Waals surface area (Å²) >= 11 is 1.59. The topological polar surface area (TPSA) is 33.2 Å². The van der Waals surface area contributed by atoms with Gasteiger partial charge in [-0.3, -0.25) is 4.79 Å². The smallest absolute Gasteiger partial charge is 0.186 e. The number of hydrogen-bond acceptors (Lipinski definition) is 4. The van der Waals surface area contributed by atoms with Crippen LogP contribution in [0.15, 0.2) is 0 Å². The van der Waals surface area contributed by atoms with Gasteiger partial charge in [0.2, 0.25) is 0 Å². The number of aryl methyl sites for hydroxylation is 1. The first-order valence-electron chi connectivity index (χ1n) is 8.01. The highest BCUT2D eigenvalue weighted by Gasteiger charge is 2.32. The van der Waals surface area contributed by atoms with Crippen molar-refractivity contribution in [2.24, 2.45) is 11.8 Å². The highest BCUT2D eigenvalue weighted by molar-refractivity contribution is 7.17. The normalized spacial score (nSPS) is 26.4. The SMILES string of the molecule is CCCc1nc(N2CCC3CCCCC3C2)sc1C=O. The molecule has 1 aliphatic carbocycles. The van der Waals surface area contributed by atoms with E-state index in [9.17, 15) is 4.79 Å². The van der Waals surface area contributed by atoms with Gasteiger partial charge in [0, 0.05) is 13.1 Å². The van der Waals surface area contributed by atoms with Gasteiger partial charge in [-0.1, -0.05) is 43.9 Å². The van der Waals surface area contributed by atoms with Gasteiger partial charge in [0.15, 0.2) is 11.4 Å². The molecule has 2 fully saturated rings. The van der Waals surface area contributed by atoms with Crippen molar-refractivity contribution in [2.75, 3.05) is 18.0 Å². The van der Waals surface area contributed by atoms with Gasteiger partial charge in [-0.25, -0.2) is 4.98 Å². The first-order chi connectivity index (χ1) is 9.81. The predicted octanol–water partition coefficient (Wildman–Crippen LogP) is 3.92. The zero-order valence-corrected chi connectivity index (χ0v) is 13.1. The molecule has 3 nitrogen and oxygen atoms in total. The minimum Gasteiger partial charge on any atom is -0.348 e. The fourth-order valence-corrected chi connectivity index (χ4v) is 4.73. The van der Waals surface area contributed by atoms with Crippen LogP contribution in [-0.2, 0) is 6.42 Å². The molecule has 3 rings (SSSR count). The summed E-state index contributed by atoms with van der Waals surface area (Å²) in [7, 11) is 0. The second-order valence-corrected chi connectivity index (χ2v) is 7.22. The quantitative estimate of drug-likeness (QED) is 0.788. The molecule has 0 amide bonds. The standard InChI is InChI=1S/C16H24N2OS/c1-2-5-14-15(11-19)20-16(17-14)18-9-8-12-6-3-4-7-13(12)10-18/h11-13H,2-10H2,1H3. The lowest BCUT2D eigenvalue weighted by atomic mass is 9.75. The van der Waals surface area contributed by atoms with E-state index in [2.05, 4.69) is 11.8 Å². The molecule has 110 valence electrons. The van der Waals surface area contributed by atoms with Gasteiger partial charge in [-0.05, 0) is 31.1 Å². The summed E-state index contributed by atoms with van der Waals surface area (Å²) in [6.07, 6.45) is 9.90. The lowest BCUT2D eigenvalue weighted by Crippen LogP contribution is -2.41. The van der Waals surface area contributed by atoms with E-state index in [1.165, 1.54) is 32.1 Å². The number of thiazole rings is 1. The highest BCUT2D eigenvalue weighted by atomic mass is 32.1. The van der Waals surface area contributed by atoms with Crippen LogP contribution in [0.25, 0.3) is 0 Å². The van der Waals surface area contributed by atoms with Crippen LogP contribution in [0, 0.1) is 11.8 Å². The van der Waals surface area contributed by atoms with Crippen molar-refractivity contribution in [1.29, 1.82) is 0 Å². The van der Waals surface area contributed by atoms with Crippen molar-refractivity contribution in [1.82, 2.24) is 4.98 Å². The Balaban J connectivity index is 1.74. The van der Waals surface area contributed by atoms with E-state index < -0.39 is 0 Å². The van der Waals surface area contributed by atoms with Crippen LogP contribution in [0.2, 0.25) is 0 Å². The summed E-state index contributed by atoms with van der Waals surface area (Å²) in [6, 6.07) is 0. The molecule has 1 saturated carbocycles. The van der Waals surface area contributed by atoms with Gasteiger partial charge in [0.25, 0.3) is 0 Å². The molecule has 2 atom stereocenters. The molecule has 2 aliphatic rings. The first-order valence-corrected chi connectivity index (χ1v) is 8.83. The lowest BCUT2D eigenvalue weighted by molar-refractivity contribution is 0.112. The number of carbonyl (C=O) groups is 1. The lowest BCUT2D eigenvalue weighted by Gasteiger charge is -2.41. The van der Waals surface area contributed by atoms with Gasteiger partial charge in [0.1, 0.15) is 0 Å². The van der Waals surface area contributed by atoms with E-state index in [1.807, 2.05) is 0 Å². The Hall–Kier alpha value is -0.900. The van der Waals surface area contributed by atoms with E-state index >= 15 is 0 Å². The molecular weight excluding hydrogens is 268 g/mol. The van der Waals surface area contributed by atoms with E-state index in [0.29, 0.717) is 0 Å². The fourth-order valence-electron chi connectivity index (χ4n) is 3.77. The maximum Gasteiger partial charge on any atom is 0.186 e. The number of carbonyl (C=O) groups excluding carboxylic acids is 1. The molecule has 0 radical (unpaired) electrons. The van der Waals surface area contributed by atoms with Gasteiger partial charge < -0.3 is 4.90 Å². The van der Waals surface area contributed by atoms with Crippen LogP contribution in [-0.4, -0.2) is 24.4 Å². The van der Waals surface area contributed by atoms with E-state index in [1.54, 1.807) is 11.3 Å². The summed E-state index contributed by atoms with van der Waals surface area (Å²) in [5.74, 6) is 1.80. The minimum atomic E-state index is 0.840. The van der Waals surface area contributed by atoms with Crippen molar-refractivity contribution in [3.8, 4) is 0 Å². The maximum atomic E-state index is 11.2. The monoisotopic (exact) mass is 292 g/mol. The Morgan fingerprint density at radius 2 is 2.10 bits per heavy atom. The molecule has 0 bridgehead atoms. The minimum absolute atomic E-state index is 0.840. The summed E-state index contributed by atoms with van der Waals surface area (Å²) in [4.78, 5) is 19.2. The third kappa shape index (κ3) is 2.76. The molecule has 2 heterocycles. The maximum absolute atomic E-state index is 11.2. The van der Waals surface area contributed by atoms with Crippen molar-refractivity contribution < 1.29 is 4.79 Å². The number of aldehydes is 1. The Morgan fingerprint density at radius 3 is 2.85 bits per heavy atom. The Bertz CT molecular complexity index is 471. The Morgan fingerprint density at radius 1 is 1.30 bits per heavy atom. The van der Waals surface area contributed by atoms with Crippen molar-refractivity contribution in [3.63, 3.8) is 0 Å². The fraction of sp³-hybridized carbons (Fsp3) is 0.750. The van der Waals surface area contributed by atoms with Gasteiger partial charge in [-0.2, -0.15) is 0 Å². The average Bonchev–Trinajstić information content (AvgIpc) is 2.90. The number of hydrogen-bond donors (Lipinski definition) is 0. The molecule has 1 aromatic rings. The number of rotatable bonds is 4. The van der Waals surface area contributed by atoms with Crippen LogP contribution in [0.4, 0.5) is 5.13 Å². The third-order valence-corrected chi connectivity index (χ3v) is 5.96. The largest absolute Gasteiger partial charge is 0.348 e. The molecule has 0 N–H and O–H groups in total. The first kappa shape index (κ1) is 14.1. The van der Waals surface area contributed by atoms with Gasteiger partial charge in [0.05, 0.1) is 10.6 Å². The molecule has 1 aliphatic heterocycles. The van der Waals surface area contributed by atoms with Crippen molar-refractivity contribution >= 4 is 22.8 Å². The van der Waals surface area contributed by atoms with E-state index in [-0.39, 0.29) is 0 Å². The molecule has 4 heteroatoms. The van der Waals surface area contributed by atoms with Crippen LogP contribution < -0.4 is 4.90 Å².